The van der Waals surface area contributed by atoms with E-state index < -0.39 is 11.7 Å². The van der Waals surface area contributed by atoms with Gasteiger partial charge in [0.15, 0.2) is 0 Å². The van der Waals surface area contributed by atoms with Crippen LogP contribution in [0.1, 0.15) is 86.5 Å². The average Bonchev–Trinajstić information content (AvgIpc) is 3.13. The Hall–Kier alpha value is -1.40. The number of esters is 2. The van der Waals surface area contributed by atoms with Crippen LogP contribution < -0.4 is 0 Å². The van der Waals surface area contributed by atoms with Crippen LogP contribution >= 0.6 is 0 Å². The van der Waals surface area contributed by atoms with Crippen molar-refractivity contribution in [3.8, 4) is 0 Å². The summed E-state index contributed by atoms with van der Waals surface area (Å²) in [4.78, 5) is 25.2. The number of carbonyl (C=O) groups is 2. The van der Waals surface area contributed by atoms with E-state index in [0.717, 1.165) is 25.7 Å². The summed E-state index contributed by atoms with van der Waals surface area (Å²) in [6.45, 7) is 13.3. The summed E-state index contributed by atoms with van der Waals surface area (Å²) >= 11 is 0. The van der Waals surface area contributed by atoms with E-state index >= 15 is 0 Å². The molecule has 10 atom stereocenters. The number of ether oxygens (including phenoxy) is 4. The molecule has 192 valence electrons. The van der Waals surface area contributed by atoms with Crippen molar-refractivity contribution in [3.63, 3.8) is 0 Å². The first-order valence-electron chi connectivity index (χ1n) is 13.5. The van der Waals surface area contributed by atoms with Crippen molar-refractivity contribution in [2.45, 2.75) is 117 Å². The van der Waals surface area contributed by atoms with E-state index in [0.29, 0.717) is 37.7 Å². The molecule has 0 spiro atoms. The fourth-order valence-corrected chi connectivity index (χ4v) is 7.11. The summed E-state index contributed by atoms with van der Waals surface area (Å²) < 4.78 is 25.9. The van der Waals surface area contributed by atoms with E-state index in [2.05, 4.69) is 33.8 Å². The van der Waals surface area contributed by atoms with Gasteiger partial charge in [-0.05, 0) is 57.3 Å². The van der Waals surface area contributed by atoms with Gasteiger partial charge in [0, 0.05) is 31.1 Å². The van der Waals surface area contributed by atoms with Gasteiger partial charge in [0.1, 0.15) is 17.8 Å². The van der Waals surface area contributed by atoms with E-state index in [4.69, 9.17) is 18.9 Å². The Bertz CT molecular complexity index is 792. The molecule has 4 rings (SSSR count). The second-order valence-electron chi connectivity index (χ2n) is 11.5. The van der Waals surface area contributed by atoms with Crippen LogP contribution in [0.3, 0.4) is 0 Å². The molecule has 4 aliphatic rings. The fraction of sp³-hybridized carbons (Fsp3) is 0.857. The van der Waals surface area contributed by atoms with Gasteiger partial charge in [0.25, 0.3) is 0 Å². The van der Waals surface area contributed by atoms with Crippen molar-refractivity contribution in [2.24, 2.45) is 29.6 Å². The SMILES string of the molecule is CCCC(=O)OC1C/C=C(/C)C[C@@H]2O[C@H]3[C@H]4[C@@H](C[C@@H](C)[C@@H](OC(=O)CCC)[C@H]42)[C@@H](C)CO[C@@]13C. The maximum atomic E-state index is 12.6. The second kappa shape index (κ2) is 10.3. The van der Waals surface area contributed by atoms with Gasteiger partial charge in [0.2, 0.25) is 0 Å². The molecule has 0 aromatic heterocycles. The van der Waals surface area contributed by atoms with Crippen molar-refractivity contribution in [1.82, 2.24) is 0 Å². The van der Waals surface area contributed by atoms with Crippen molar-refractivity contribution in [3.05, 3.63) is 11.6 Å². The van der Waals surface area contributed by atoms with Gasteiger partial charge in [-0.2, -0.15) is 0 Å². The molecule has 3 aliphatic heterocycles. The first-order chi connectivity index (χ1) is 16.2. The largest absolute Gasteiger partial charge is 0.462 e. The first-order valence-corrected chi connectivity index (χ1v) is 13.5. The van der Waals surface area contributed by atoms with Gasteiger partial charge < -0.3 is 18.9 Å². The molecule has 0 radical (unpaired) electrons. The molecule has 2 bridgehead atoms. The summed E-state index contributed by atoms with van der Waals surface area (Å²) in [6.07, 6.45) is 6.22. The minimum Gasteiger partial charge on any atom is -0.462 e. The van der Waals surface area contributed by atoms with Crippen LogP contribution in [0, 0.1) is 29.6 Å². The highest BCUT2D eigenvalue weighted by Gasteiger charge is 2.65. The number of rotatable bonds is 6. The number of fused-ring (bicyclic) bond motifs is 2. The van der Waals surface area contributed by atoms with Gasteiger partial charge in [-0.1, -0.05) is 39.3 Å². The lowest BCUT2D eigenvalue weighted by Gasteiger charge is -2.47. The molecular weight excluding hydrogens is 432 g/mol. The van der Waals surface area contributed by atoms with E-state index in [1.54, 1.807) is 0 Å². The summed E-state index contributed by atoms with van der Waals surface area (Å²) in [5.74, 6) is 1.11. The highest BCUT2D eigenvalue weighted by atomic mass is 16.6. The minimum absolute atomic E-state index is 0.0331. The molecule has 6 heteroatoms. The smallest absolute Gasteiger partial charge is 0.306 e. The van der Waals surface area contributed by atoms with E-state index in [1.807, 2.05) is 13.8 Å². The van der Waals surface area contributed by atoms with Crippen LogP contribution in [-0.4, -0.2) is 48.6 Å². The van der Waals surface area contributed by atoms with Crippen molar-refractivity contribution in [1.29, 1.82) is 0 Å². The fourth-order valence-electron chi connectivity index (χ4n) is 7.11. The normalized spacial score (nSPS) is 45.1. The quantitative estimate of drug-likeness (QED) is 0.386. The Morgan fingerprint density at radius 1 is 1.06 bits per heavy atom. The first kappa shape index (κ1) is 25.7. The van der Waals surface area contributed by atoms with Gasteiger partial charge in [0.05, 0.1) is 18.8 Å². The third-order valence-electron chi connectivity index (χ3n) is 8.87. The summed E-state index contributed by atoms with van der Waals surface area (Å²) in [5.41, 5.74) is 0.481. The molecule has 6 nitrogen and oxygen atoms in total. The van der Waals surface area contributed by atoms with Gasteiger partial charge in [-0.15, -0.1) is 0 Å². The Morgan fingerprint density at radius 2 is 1.74 bits per heavy atom. The monoisotopic (exact) mass is 476 g/mol. The zero-order valence-corrected chi connectivity index (χ0v) is 21.9. The summed E-state index contributed by atoms with van der Waals surface area (Å²) in [5, 5.41) is 0. The highest BCUT2D eigenvalue weighted by molar-refractivity contribution is 5.70. The maximum Gasteiger partial charge on any atom is 0.306 e. The Balaban J connectivity index is 1.75. The summed E-state index contributed by atoms with van der Waals surface area (Å²) in [6, 6.07) is 0. The van der Waals surface area contributed by atoms with Crippen LogP contribution in [0.2, 0.25) is 0 Å². The van der Waals surface area contributed by atoms with E-state index in [1.165, 1.54) is 5.57 Å². The molecule has 2 saturated heterocycles. The number of carbonyl (C=O) groups excluding carboxylic acids is 2. The molecule has 1 unspecified atom stereocenters. The number of hydrogen-bond donors (Lipinski definition) is 0. The lowest BCUT2D eigenvalue weighted by Crippen LogP contribution is -2.57. The lowest BCUT2D eigenvalue weighted by molar-refractivity contribution is -0.202. The third-order valence-corrected chi connectivity index (χ3v) is 8.87. The Kier molecular flexibility index (Phi) is 7.78. The number of hydrogen-bond acceptors (Lipinski definition) is 6. The lowest BCUT2D eigenvalue weighted by atomic mass is 9.59. The average molecular weight is 477 g/mol. The van der Waals surface area contributed by atoms with Crippen LogP contribution in [0.25, 0.3) is 0 Å². The summed E-state index contributed by atoms with van der Waals surface area (Å²) in [7, 11) is 0. The minimum atomic E-state index is -0.746. The molecule has 0 aromatic carbocycles. The molecule has 3 heterocycles. The molecule has 1 aliphatic carbocycles. The van der Waals surface area contributed by atoms with Crippen molar-refractivity contribution < 1.29 is 28.5 Å². The Labute approximate surface area is 205 Å². The predicted molar refractivity (Wildman–Crippen MR) is 129 cm³/mol. The van der Waals surface area contributed by atoms with Crippen LogP contribution in [-0.2, 0) is 28.5 Å². The zero-order valence-electron chi connectivity index (χ0n) is 21.9. The van der Waals surface area contributed by atoms with E-state index in [-0.39, 0.29) is 48.0 Å². The standard InChI is InChI=1S/C28H44O6/c1-7-9-22(29)33-21-12-11-16(3)13-20-25-24-19(14-17(4)26(25)34-23(30)10-8-2)18(5)15-31-28(21,6)27(24)32-20/h11,17-21,24-27H,7-10,12-15H2,1-6H3/b16-11-/t17-,18+,19+,20+,21?,24+,25+,26-,27+,28+/m1/s1. The topological polar surface area (TPSA) is 71.1 Å². The van der Waals surface area contributed by atoms with Gasteiger partial charge >= 0.3 is 11.9 Å². The van der Waals surface area contributed by atoms with Crippen molar-refractivity contribution in [2.75, 3.05) is 6.61 Å². The van der Waals surface area contributed by atoms with Gasteiger partial charge in [-0.3, -0.25) is 9.59 Å². The van der Waals surface area contributed by atoms with Crippen molar-refractivity contribution >= 4 is 11.9 Å². The maximum absolute atomic E-state index is 12.6. The van der Waals surface area contributed by atoms with Crippen LogP contribution in [0.4, 0.5) is 0 Å². The van der Waals surface area contributed by atoms with Crippen LogP contribution in [0.5, 0.6) is 0 Å². The second-order valence-corrected chi connectivity index (χ2v) is 11.5. The highest BCUT2D eigenvalue weighted by Crippen LogP contribution is 2.57. The molecular formula is C28H44O6. The molecule has 3 fully saturated rings. The van der Waals surface area contributed by atoms with Crippen LogP contribution in [0.15, 0.2) is 11.6 Å². The zero-order chi connectivity index (χ0) is 24.6. The molecule has 1 saturated carbocycles. The molecule has 0 aromatic rings. The molecule has 34 heavy (non-hydrogen) atoms. The third kappa shape index (κ3) is 4.69. The molecule has 0 amide bonds. The van der Waals surface area contributed by atoms with Gasteiger partial charge in [-0.25, -0.2) is 0 Å². The molecule has 0 N–H and O–H groups in total. The Morgan fingerprint density at radius 3 is 2.41 bits per heavy atom. The van der Waals surface area contributed by atoms with E-state index in [9.17, 15) is 9.59 Å². The predicted octanol–water partition coefficient (Wildman–Crippen LogP) is 5.23.